The molecule has 0 aliphatic carbocycles. The van der Waals surface area contributed by atoms with Crippen molar-refractivity contribution in [3.63, 3.8) is 0 Å². The van der Waals surface area contributed by atoms with Crippen LogP contribution in [0.3, 0.4) is 0 Å². The highest BCUT2D eigenvalue weighted by molar-refractivity contribution is 5.70. The van der Waals surface area contributed by atoms with Crippen LogP contribution in [0.5, 0.6) is 0 Å². The predicted molar refractivity (Wildman–Crippen MR) is 102 cm³/mol. The Morgan fingerprint density at radius 1 is 0.963 bits per heavy atom. The first-order valence-electron chi connectivity index (χ1n) is 9.79. The Kier molecular flexibility index (Phi) is 12.1. The van der Waals surface area contributed by atoms with Gasteiger partial charge in [-0.25, -0.2) is 4.79 Å². The normalized spacial score (nSPS) is 13.0. The summed E-state index contributed by atoms with van der Waals surface area (Å²) in [5.74, 6) is -0.724. The standard InChI is InChI=1S/C21H32O6/c1-4-6-16-24-17(3)26-27-21(23)15-11-10-14-20(22)25-19(5-2)18-12-8-7-9-13-18/h7-9,12-13,17,19H,4-6,10-11,14-16H2,1-3H3. The SMILES string of the molecule is CCCCOC(C)OOC(=O)CCCCC(=O)OC(CC)c1ccccc1. The summed E-state index contributed by atoms with van der Waals surface area (Å²) in [4.78, 5) is 33.2. The zero-order chi connectivity index (χ0) is 19.9. The lowest BCUT2D eigenvalue weighted by molar-refractivity contribution is -0.347. The van der Waals surface area contributed by atoms with Crippen molar-refractivity contribution < 1.29 is 28.8 Å². The average Bonchev–Trinajstić information content (AvgIpc) is 2.68. The quantitative estimate of drug-likeness (QED) is 0.151. The number of carbonyl (C=O) groups excluding carboxylic acids is 2. The molecule has 1 aromatic rings. The Labute approximate surface area is 162 Å². The number of rotatable bonds is 14. The van der Waals surface area contributed by atoms with Crippen LogP contribution in [0.25, 0.3) is 0 Å². The van der Waals surface area contributed by atoms with Gasteiger partial charge in [0.1, 0.15) is 6.10 Å². The maximum atomic E-state index is 12.0. The molecule has 0 aliphatic heterocycles. The number of ether oxygens (including phenoxy) is 2. The summed E-state index contributed by atoms with van der Waals surface area (Å²) >= 11 is 0. The molecule has 0 heterocycles. The van der Waals surface area contributed by atoms with Crippen LogP contribution in [0.2, 0.25) is 0 Å². The minimum atomic E-state index is -0.584. The highest BCUT2D eigenvalue weighted by atomic mass is 17.2. The zero-order valence-corrected chi connectivity index (χ0v) is 16.6. The number of hydrogen-bond donors (Lipinski definition) is 0. The third kappa shape index (κ3) is 10.7. The third-order valence-electron chi connectivity index (χ3n) is 3.95. The molecular weight excluding hydrogens is 348 g/mol. The van der Waals surface area contributed by atoms with Crippen LogP contribution < -0.4 is 0 Å². The zero-order valence-electron chi connectivity index (χ0n) is 16.6. The highest BCUT2D eigenvalue weighted by Gasteiger charge is 2.15. The van der Waals surface area contributed by atoms with Crippen molar-refractivity contribution >= 4 is 11.9 Å². The van der Waals surface area contributed by atoms with Crippen molar-refractivity contribution in [1.29, 1.82) is 0 Å². The number of hydrogen-bond acceptors (Lipinski definition) is 6. The molecule has 0 fully saturated rings. The average molecular weight is 380 g/mol. The van der Waals surface area contributed by atoms with Gasteiger partial charge in [-0.15, -0.1) is 0 Å². The second kappa shape index (κ2) is 14.2. The van der Waals surface area contributed by atoms with Gasteiger partial charge in [0.05, 0.1) is 0 Å². The van der Waals surface area contributed by atoms with E-state index in [4.69, 9.17) is 19.2 Å². The molecule has 0 saturated heterocycles. The van der Waals surface area contributed by atoms with Crippen molar-refractivity contribution in [2.75, 3.05) is 6.61 Å². The number of esters is 1. The molecule has 0 spiro atoms. The van der Waals surface area contributed by atoms with E-state index >= 15 is 0 Å². The van der Waals surface area contributed by atoms with Gasteiger partial charge in [0.25, 0.3) is 0 Å². The lowest BCUT2D eigenvalue weighted by Gasteiger charge is -2.16. The maximum Gasteiger partial charge on any atom is 0.342 e. The first-order valence-corrected chi connectivity index (χ1v) is 9.79. The monoisotopic (exact) mass is 380 g/mol. The second-order valence-electron chi connectivity index (χ2n) is 6.35. The van der Waals surface area contributed by atoms with Crippen LogP contribution in [0.4, 0.5) is 0 Å². The summed E-state index contributed by atoms with van der Waals surface area (Å²) in [6, 6.07) is 9.68. The summed E-state index contributed by atoms with van der Waals surface area (Å²) in [5.41, 5.74) is 0.990. The van der Waals surface area contributed by atoms with Gasteiger partial charge in [0.2, 0.25) is 0 Å². The Morgan fingerprint density at radius 2 is 1.63 bits per heavy atom. The van der Waals surface area contributed by atoms with Crippen molar-refractivity contribution in [3.8, 4) is 0 Å². The van der Waals surface area contributed by atoms with Crippen LogP contribution in [0.1, 0.15) is 77.4 Å². The molecule has 1 rings (SSSR count). The van der Waals surface area contributed by atoms with E-state index in [1.54, 1.807) is 6.92 Å². The molecule has 6 heteroatoms. The van der Waals surface area contributed by atoms with E-state index < -0.39 is 12.3 Å². The lowest BCUT2D eigenvalue weighted by Crippen LogP contribution is -2.17. The van der Waals surface area contributed by atoms with E-state index in [2.05, 4.69) is 6.92 Å². The van der Waals surface area contributed by atoms with Crippen molar-refractivity contribution in [2.24, 2.45) is 0 Å². The summed E-state index contributed by atoms with van der Waals surface area (Å²) < 4.78 is 10.8. The molecule has 27 heavy (non-hydrogen) atoms. The van der Waals surface area contributed by atoms with Crippen LogP contribution in [0.15, 0.2) is 30.3 Å². The van der Waals surface area contributed by atoms with E-state index in [0.29, 0.717) is 19.4 Å². The van der Waals surface area contributed by atoms with Crippen molar-refractivity contribution in [2.45, 2.75) is 78.1 Å². The van der Waals surface area contributed by atoms with E-state index in [1.807, 2.05) is 37.3 Å². The fraction of sp³-hybridized carbons (Fsp3) is 0.619. The fourth-order valence-electron chi connectivity index (χ4n) is 2.40. The van der Waals surface area contributed by atoms with Gasteiger partial charge in [0.15, 0.2) is 6.29 Å². The predicted octanol–water partition coefficient (Wildman–Crippen LogP) is 4.88. The summed E-state index contributed by atoms with van der Waals surface area (Å²) in [6.45, 7) is 6.29. The Hall–Kier alpha value is -1.92. The molecule has 0 N–H and O–H groups in total. The molecule has 0 radical (unpaired) electrons. The largest absolute Gasteiger partial charge is 0.457 e. The second-order valence-corrected chi connectivity index (χ2v) is 6.35. The van der Waals surface area contributed by atoms with Gasteiger partial charge >= 0.3 is 11.9 Å². The van der Waals surface area contributed by atoms with Gasteiger partial charge in [-0.2, -0.15) is 4.89 Å². The third-order valence-corrected chi connectivity index (χ3v) is 3.95. The summed E-state index contributed by atoms with van der Waals surface area (Å²) in [6.07, 6.45) is 3.41. The Bertz CT molecular complexity index is 531. The maximum absolute atomic E-state index is 12.0. The molecule has 0 amide bonds. The topological polar surface area (TPSA) is 71.1 Å². The molecule has 6 nitrogen and oxygen atoms in total. The van der Waals surface area contributed by atoms with Crippen LogP contribution in [0, 0.1) is 0 Å². The summed E-state index contributed by atoms with van der Waals surface area (Å²) in [7, 11) is 0. The molecule has 0 bridgehead atoms. The number of unbranched alkanes of at least 4 members (excludes halogenated alkanes) is 2. The molecule has 0 saturated carbocycles. The van der Waals surface area contributed by atoms with E-state index in [-0.39, 0.29) is 24.9 Å². The molecule has 0 aliphatic rings. The van der Waals surface area contributed by atoms with Gasteiger partial charge in [-0.1, -0.05) is 50.6 Å². The minimum Gasteiger partial charge on any atom is -0.457 e. The molecular formula is C21H32O6. The van der Waals surface area contributed by atoms with Crippen LogP contribution >= 0.6 is 0 Å². The van der Waals surface area contributed by atoms with Crippen molar-refractivity contribution in [3.05, 3.63) is 35.9 Å². The Balaban J connectivity index is 2.14. The summed E-state index contributed by atoms with van der Waals surface area (Å²) in [5, 5.41) is 0. The van der Waals surface area contributed by atoms with E-state index in [0.717, 1.165) is 24.8 Å². The first kappa shape index (κ1) is 23.1. The van der Waals surface area contributed by atoms with E-state index in [1.165, 1.54) is 0 Å². The smallest absolute Gasteiger partial charge is 0.342 e. The highest BCUT2D eigenvalue weighted by Crippen LogP contribution is 2.21. The lowest BCUT2D eigenvalue weighted by atomic mass is 10.1. The first-order chi connectivity index (χ1) is 13.1. The van der Waals surface area contributed by atoms with Crippen LogP contribution in [-0.2, 0) is 28.8 Å². The van der Waals surface area contributed by atoms with Gasteiger partial charge in [0, 0.05) is 19.4 Å². The molecule has 0 aromatic heterocycles. The molecule has 2 unspecified atom stereocenters. The molecule has 1 aromatic carbocycles. The van der Waals surface area contributed by atoms with Gasteiger partial charge in [-0.05, 0) is 38.2 Å². The fourth-order valence-corrected chi connectivity index (χ4v) is 2.40. The minimum absolute atomic E-state index is 0.185. The van der Waals surface area contributed by atoms with Crippen LogP contribution in [-0.4, -0.2) is 24.8 Å². The molecule has 2 atom stereocenters. The number of benzene rings is 1. The van der Waals surface area contributed by atoms with E-state index in [9.17, 15) is 9.59 Å². The molecule has 152 valence electrons. The Morgan fingerprint density at radius 3 is 2.26 bits per heavy atom. The van der Waals surface area contributed by atoms with Crippen molar-refractivity contribution in [1.82, 2.24) is 0 Å². The van der Waals surface area contributed by atoms with Gasteiger partial charge in [-0.3, -0.25) is 9.68 Å². The van der Waals surface area contributed by atoms with Gasteiger partial charge < -0.3 is 9.47 Å². The number of carbonyl (C=O) groups is 2.